The third-order valence-electron chi connectivity index (χ3n) is 4.63. The molecule has 7 nitrogen and oxygen atoms in total. The smallest absolute Gasteiger partial charge is 0.247 e. The summed E-state index contributed by atoms with van der Waals surface area (Å²) in [4.78, 5) is 12.9. The summed E-state index contributed by atoms with van der Waals surface area (Å²) in [5.41, 5.74) is 0.877. The van der Waals surface area contributed by atoms with Crippen LogP contribution < -0.4 is 19.1 Å². The van der Waals surface area contributed by atoms with E-state index in [0.29, 0.717) is 28.6 Å². The van der Waals surface area contributed by atoms with E-state index >= 15 is 0 Å². The molecule has 1 N–H and O–H groups in total. The molecule has 174 valence electrons. The largest absolute Gasteiger partial charge is 0.491 e. The van der Waals surface area contributed by atoms with Crippen LogP contribution in [-0.2, 0) is 14.8 Å². The summed E-state index contributed by atoms with van der Waals surface area (Å²) in [6.45, 7) is 5.36. The van der Waals surface area contributed by atoms with E-state index in [0.717, 1.165) is 10.6 Å². The molecule has 0 heterocycles. The topological polar surface area (TPSA) is 84.9 Å². The number of benzene rings is 3. The van der Waals surface area contributed by atoms with Gasteiger partial charge in [-0.15, -0.1) is 0 Å². The molecule has 0 aromatic heterocycles. The molecule has 0 aliphatic rings. The molecule has 0 radical (unpaired) electrons. The van der Waals surface area contributed by atoms with E-state index in [-0.39, 0.29) is 6.10 Å². The third kappa shape index (κ3) is 6.73. The molecule has 0 unspecified atom stereocenters. The molecule has 3 aromatic rings. The van der Waals surface area contributed by atoms with Gasteiger partial charge in [0.25, 0.3) is 0 Å². The van der Waals surface area contributed by atoms with Crippen molar-refractivity contribution in [2.24, 2.45) is 0 Å². The van der Waals surface area contributed by atoms with E-state index in [9.17, 15) is 13.2 Å². The summed E-state index contributed by atoms with van der Waals surface area (Å²) >= 11 is 0. The Kier molecular flexibility index (Phi) is 7.60. The van der Waals surface area contributed by atoms with Crippen LogP contribution in [0.3, 0.4) is 0 Å². The second-order valence-corrected chi connectivity index (χ2v) is 9.69. The summed E-state index contributed by atoms with van der Waals surface area (Å²) in [6.07, 6.45) is 1.06. The van der Waals surface area contributed by atoms with Gasteiger partial charge >= 0.3 is 0 Å². The standard InChI is InChI=1S/C25H28N2O5S/c1-18(2)31-24-12-8-9-20(17-24)26-25(28)19(3)27(33(4,29)30)21-13-15-23(16-14-21)32-22-10-6-5-7-11-22/h5-19H,1-4H3,(H,26,28)/t19-/m0/s1. The van der Waals surface area contributed by atoms with E-state index < -0.39 is 22.0 Å². The van der Waals surface area contributed by atoms with Crippen molar-refractivity contribution < 1.29 is 22.7 Å². The second kappa shape index (κ2) is 10.4. The lowest BCUT2D eigenvalue weighted by Crippen LogP contribution is -2.45. The van der Waals surface area contributed by atoms with Gasteiger partial charge in [-0.1, -0.05) is 24.3 Å². The monoisotopic (exact) mass is 468 g/mol. The van der Waals surface area contributed by atoms with Crippen molar-refractivity contribution in [1.82, 2.24) is 0 Å². The molecule has 0 spiro atoms. The van der Waals surface area contributed by atoms with E-state index in [1.807, 2.05) is 44.2 Å². The van der Waals surface area contributed by atoms with Gasteiger partial charge in [0.15, 0.2) is 0 Å². The van der Waals surface area contributed by atoms with Crippen molar-refractivity contribution in [3.8, 4) is 17.2 Å². The first-order valence-corrected chi connectivity index (χ1v) is 12.4. The van der Waals surface area contributed by atoms with E-state index in [1.54, 1.807) is 55.5 Å². The quantitative estimate of drug-likeness (QED) is 0.475. The molecule has 0 fully saturated rings. The summed E-state index contributed by atoms with van der Waals surface area (Å²) < 4.78 is 37.7. The van der Waals surface area contributed by atoms with Crippen LogP contribution in [0, 0.1) is 0 Å². The number of nitrogens with zero attached hydrogens (tertiary/aromatic N) is 1. The van der Waals surface area contributed by atoms with Crippen molar-refractivity contribution in [2.75, 3.05) is 15.9 Å². The molecule has 8 heteroatoms. The number of carbonyl (C=O) groups excluding carboxylic acids is 1. The normalized spacial score (nSPS) is 12.2. The number of hydrogen-bond acceptors (Lipinski definition) is 5. The molecular weight excluding hydrogens is 440 g/mol. The van der Waals surface area contributed by atoms with Crippen LogP contribution in [0.5, 0.6) is 17.2 Å². The fourth-order valence-corrected chi connectivity index (χ4v) is 4.44. The second-order valence-electron chi connectivity index (χ2n) is 7.83. The molecule has 0 aliphatic carbocycles. The minimum Gasteiger partial charge on any atom is -0.491 e. The minimum atomic E-state index is -3.74. The summed E-state index contributed by atoms with van der Waals surface area (Å²) in [5.74, 6) is 1.37. The number of carbonyl (C=O) groups is 1. The Bertz CT molecular complexity index is 1180. The highest BCUT2D eigenvalue weighted by Crippen LogP contribution is 2.27. The number of anilines is 2. The van der Waals surface area contributed by atoms with Gasteiger partial charge in [-0.05, 0) is 69.3 Å². The van der Waals surface area contributed by atoms with Gasteiger partial charge in [0.2, 0.25) is 15.9 Å². The maximum atomic E-state index is 12.9. The average molecular weight is 469 g/mol. The molecule has 0 aliphatic heterocycles. The molecule has 1 atom stereocenters. The van der Waals surface area contributed by atoms with Gasteiger partial charge in [0.05, 0.1) is 18.0 Å². The number of amides is 1. The molecule has 33 heavy (non-hydrogen) atoms. The first-order valence-electron chi connectivity index (χ1n) is 10.5. The Morgan fingerprint density at radius 2 is 1.45 bits per heavy atom. The van der Waals surface area contributed by atoms with Crippen LogP contribution >= 0.6 is 0 Å². The molecule has 3 rings (SSSR count). The maximum absolute atomic E-state index is 12.9. The lowest BCUT2D eigenvalue weighted by Gasteiger charge is -2.28. The number of sulfonamides is 1. The Hall–Kier alpha value is -3.52. The van der Waals surface area contributed by atoms with Gasteiger partial charge in [-0.25, -0.2) is 8.42 Å². The molecule has 0 saturated carbocycles. The Balaban J connectivity index is 1.77. The van der Waals surface area contributed by atoms with E-state index in [2.05, 4.69) is 5.32 Å². The highest BCUT2D eigenvalue weighted by atomic mass is 32.2. The first-order chi connectivity index (χ1) is 15.6. The fraction of sp³-hybridized carbons (Fsp3) is 0.240. The van der Waals surface area contributed by atoms with E-state index in [4.69, 9.17) is 9.47 Å². The van der Waals surface area contributed by atoms with Gasteiger partial charge in [0.1, 0.15) is 23.3 Å². The molecular formula is C25H28N2O5S. The van der Waals surface area contributed by atoms with E-state index in [1.165, 1.54) is 0 Å². The van der Waals surface area contributed by atoms with Crippen LogP contribution in [0.25, 0.3) is 0 Å². The predicted octanol–water partition coefficient (Wildman–Crippen LogP) is 5.06. The number of para-hydroxylation sites is 1. The average Bonchev–Trinajstić information content (AvgIpc) is 2.74. The number of nitrogens with one attached hydrogen (secondary N) is 1. The number of rotatable bonds is 9. The molecule has 0 bridgehead atoms. The van der Waals surface area contributed by atoms with Gasteiger partial charge < -0.3 is 14.8 Å². The fourth-order valence-electron chi connectivity index (χ4n) is 3.26. The number of hydrogen-bond donors (Lipinski definition) is 1. The first kappa shape index (κ1) is 24.1. The van der Waals surface area contributed by atoms with Gasteiger partial charge in [-0.2, -0.15) is 0 Å². The lowest BCUT2D eigenvalue weighted by molar-refractivity contribution is -0.116. The molecule has 0 saturated heterocycles. The maximum Gasteiger partial charge on any atom is 0.247 e. The van der Waals surface area contributed by atoms with Crippen LogP contribution in [-0.4, -0.2) is 32.7 Å². The zero-order valence-electron chi connectivity index (χ0n) is 19.1. The molecule has 3 aromatic carbocycles. The van der Waals surface area contributed by atoms with Gasteiger partial charge in [0, 0.05) is 11.8 Å². The Morgan fingerprint density at radius 3 is 2.06 bits per heavy atom. The van der Waals surface area contributed by atoms with Crippen molar-refractivity contribution in [1.29, 1.82) is 0 Å². The molecule has 1 amide bonds. The van der Waals surface area contributed by atoms with Gasteiger partial charge in [-0.3, -0.25) is 9.10 Å². The van der Waals surface area contributed by atoms with Crippen molar-refractivity contribution in [3.05, 3.63) is 78.9 Å². The van der Waals surface area contributed by atoms with Crippen LogP contribution in [0.4, 0.5) is 11.4 Å². The third-order valence-corrected chi connectivity index (χ3v) is 5.87. The highest BCUT2D eigenvalue weighted by molar-refractivity contribution is 7.92. The predicted molar refractivity (Wildman–Crippen MR) is 131 cm³/mol. The minimum absolute atomic E-state index is 0.00977. The Morgan fingerprint density at radius 1 is 0.848 bits per heavy atom. The van der Waals surface area contributed by atoms with Crippen LogP contribution in [0.15, 0.2) is 78.9 Å². The summed E-state index contributed by atoms with van der Waals surface area (Å²) in [7, 11) is -3.74. The zero-order chi connectivity index (χ0) is 24.0. The van der Waals surface area contributed by atoms with Crippen molar-refractivity contribution in [3.63, 3.8) is 0 Å². The van der Waals surface area contributed by atoms with Crippen molar-refractivity contribution in [2.45, 2.75) is 32.9 Å². The lowest BCUT2D eigenvalue weighted by atomic mass is 10.2. The summed E-state index contributed by atoms with van der Waals surface area (Å²) in [6, 6.07) is 21.8. The van der Waals surface area contributed by atoms with Crippen molar-refractivity contribution >= 4 is 27.3 Å². The SMILES string of the molecule is CC(C)Oc1cccc(NC(=O)[C@H](C)N(c2ccc(Oc3ccccc3)cc2)S(C)(=O)=O)c1. The van der Waals surface area contributed by atoms with Crippen LogP contribution in [0.1, 0.15) is 20.8 Å². The zero-order valence-corrected chi connectivity index (χ0v) is 19.9. The highest BCUT2D eigenvalue weighted by Gasteiger charge is 2.29. The Labute approximate surface area is 195 Å². The van der Waals surface area contributed by atoms with Crippen LogP contribution in [0.2, 0.25) is 0 Å². The number of ether oxygens (including phenoxy) is 2. The summed E-state index contributed by atoms with van der Waals surface area (Å²) in [5, 5.41) is 2.77.